The van der Waals surface area contributed by atoms with Gasteiger partial charge in [-0.3, -0.25) is 0 Å². The number of benzene rings is 5. The maximum Gasteiger partial charge on any atom is 0.0355 e. The fourth-order valence-electron chi connectivity index (χ4n) is 4.68. The molecule has 0 atom stereocenters. The number of fused-ring (bicyclic) bond motifs is 3. The van der Waals surface area contributed by atoms with E-state index in [2.05, 4.69) is 129 Å². The molecule has 1 aromatic heterocycles. The van der Waals surface area contributed by atoms with Crippen LogP contribution in [0.2, 0.25) is 0 Å². The normalized spacial score (nSPS) is 11.5. The van der Waals surface area contributed by atoms with Crippen molar-refractivity contribution in [2.75, 3.05) is 0 Å². The first-order valence-electron chi connectivity index (χ1n) is 11.9. The first-order chi connectivity index (χ1) is 16.7. The van der Waals surface area contributed by atoms with Crippen LogP contribution in [0.4, 0.5) is 0 Å². The molecule has 164 valence electrons. The lowest BCUT2D eigenvalue weighted by Crippen LogP contribution is -1.87. The van der Waals surface area contributed by atoms with Gasteiger partial charge in [-0.05, 0) is 63.1 Å². The van der Waals surface area contributed by atoms with Crippen LogP contribution in [0.15, 0.2) is 115 Å². The van der Waals surface area contributed by atoms with Crippen LogP contribution in [0.5, 0.6) is 0 Å². The van der Waals surface area contributed by atoms with Gasteiger partial charge in [-0.15, -0.1) is 11.3 Å². The summed E-state index contributed by atoms with van der Waals surface area (Å²) in [7, 11) is 0. The van der Waals surface area contributed by atoms with E-state index in [-0.39, 0.29) is 0 Å². The molecular formula is C33H26S. The van der Waals surface area contributed by atoms with Crippen LogP contribution >= 0.6 is 11.3 Å². The first kappa shape index (κ1) is 20.9. The minimum Gasteiger partial charge on any atom is -0.135 e. The Balaban J connectivity index is 1.26. The SMILES string of the molecule is CC(C)c1ccc(-c2ccc(-c3ccc(-c4ccc5sc6ccccc6c5c4)cc3)cc2)cc1. The molecule has 0 spiro atoms. The Bertz CT molecular complexity index is 1580. The molecule has 0 nitrogen and oxygen atoms in total. The number of hydrogen-bond acceptors (Lipinski definition) is 1. The molecule has 0 aliphatic heterocycles. The zero-order valence-electron chi connectivity index (χ0n) is 19.5. The summed E-state index contributed by atoms with van der Waals surface area (Å²) in [6.07, 6.45) is 0. The van der Waals surface area contributed by atoms with E-state index in [0.29, 0.717) is 5.92 Å². The van der Waals surface area contributed by atoms with Crippen molar-refractivity contribution < 1.29 is 0 Å². The molecule has 0 amide bonds. The van der Waals surface area contributed by atoms with E-state index in [1.54, 1.807) is 0 Å². The second kappa shape index (κ2) is 8.59. The van der Waals surface area contributed by atoms with Crippen LogP contribution in [0.1, 0.15) is 25.3 Å². The highest BCUT2D eigenvalue weighted by molar-refractivity contribution is 7.25. The number of thiophene rings is 1. The van der Waals surface area contributed by atoms with Crippen molar-refractivity contribution in [3.63, 3.8) is 0 Å². The Morgan fingerprint density at radius 3 is 1.44 bits per heavy atom. The third kappa shape index (κ3) is 3.83. The minimum absolute atomic E-state index is 0.561. The van der Waals surface area contributed by atoms with E-state index in [1.165, 1.54) is 59.1 Å². The standard InChI is InChI=1S/C33H26S/c1-22(2)23-7-9-24(10-8-23)25-11-13-26(14-12-25)27-15-17-28(18-16-27)29-19-20-33-31(21-29)30-5-3-4-6-32(30)34-33/h3-22H,1-2H3. The predicted octanol–water partition coefficient (Wildman–Crippen LogP) is 10.2. The molecule has 0 aliphatic rings. The van der Waals surface area contributed by atoms with Crippen LogP contribution < -0.4 is 0 Å². The minimum atomic E-state index is 0.561. The summed E-state index contributed by atoms with van der Waals surface area (Å²) in [6.45, 7) is 4.47. The molecule has 5 aromatic carbocycles. The molecule has 34 heavy (non-hydrogen) atoms. The molecule has 0 N–H and O–H groups in total. The van der Waals surface area contributed by atoms with E-state index in [0.717, 1.165) is 0 Å². The third-order valence-corrected chi connectivity index (χ3v) is 7.88. The van der Waals surface area contributed by atoms with Gasteiger partial charge in [0.25, 0.3) is 0 Å². The molecule has 0 saturated carbocycles. The average molecular weight is 455 g/mol. The molecule has 1 heterocycles. The highest BCUT2D eigenvalue weighted by Crippen LogP contribution is 2.36. The molecular weight excluding hydrogens is 428 g/mol. The van der Waals surface area contributed by atoms with Crippen molar-refractivity contribution in [2.24, 2.45) is 0 Å². The van der Waals surface area contributed by atoms with Crippen molar-refractivity contribution >= 4 is 31.5 Å². The lowest BCUT2D eigenvalue weighted by molar-refractivity contribution is 0.867. The maximum absolute atomic E-state index is 2.34. The predicted molar refractivity (Wildman–Crippen MR) is 150 cm³/mol. The van der Waals surface area contributed by atoms with Gasteiger partial charge in [0.05, 0.1) is 0 Å². The van der Waals surface area contributed by atoms with Crippen molar-refractivity contribution in [3.8, 4) is 33.4 Å². The molecule has 0 bridgehead atoms. The Kier molecular flexibility index (Phi) is 5.28. The second-order valence-corrected chi connectivity index (χ2v) is 10.3. The Morgan fingerprint density at radius 1 is 0.441 bits per heavy atom. The van der Waals surface area contributed by atoms with E-state index in [1.807, 2.05) is 11.3 Å². The van der Waals surface area contributed by atoms with Gasteiger partial charge in [0.1, 0.15) is 0 Å². The van der Waals surface area contributed by atoms with Gasteiger partial charge in [-0.25, -0.2) is 0 Å². The fraction of sp³-hybridized carbons (Fsp3) is 0.0909. The molecule has 1 heteroatoms. The maximum atomic E-state index is 2.34. The monoisotopic (exact) mass is 454 g/mol. The summed E-state index contributed by atoms with van der Waals surface area (Å²) in [5, 5.41) is 2.69. The summed E-state index contributed by atoms with van der Waals surface area (Å²) in [5.41, 5.74) is 8.91. The van der Waals surface area contributed by atoms with Gasteiger partial charge < -0.3 is 0 Å². The molecule has 0 saturated heterocycles. The lowest BCUT2D eigenvalue weighted by Gasteiger charge is -2.09. The van der Waals surface area contributed by atoms with E-state index in [9.17, 15) is 0 Å². The van der Waals surface area contributed by atoms with Gasteiger partial charge in [0, 0.05) is 20.2 Å². The second-order valence-electron chi connectivity index (χ2n) is 9.24. The molecule has 0 fully saturated rings. The van der Waals surface area contributed by atoms with Crippen LogP contribution in [0, 0.1) is 0 Å². The van der Waals surface area contributed by atoms with Crippen molar-refractivity contribution in [2.45, 2.75) is 19.8 Å². The zero-order chi connectivity index (χ0) is 23.1. The van der Waals surface area contributed by atoms with Crippen molar-refractivity contribution in [1.82, 2.24) is 0 Å². The highest BCUT2D eigenvalue weighted by atomic mass is 32.1. The van der Waals surface area contributed by atoms with Crippen LogP contribution in [-0.2, 0) is 0 Å². The highest BCUT2D eigenvalue weighted by Gasteiger charge is 2.07. The lowest BCUT2D eigenvalue weighted by atomic mass is 9.96. The first-order valence-corrected chi connectivity index (χ1v) is 12.7. The van der Waals surface area contributed by atoms with E-state index < -0.39 is 0 Å². The van der Waals surface area contributed by atoms with E-state index in [4.69, 9.17) is 0 Å². The van der Waals surface area contributed by atoms with Crippen molar-refractivity contribution in [3.05, 3.63) is 121 Å². The number of hydrogen-bond donors (Lipinski definition) is 0. The van der Waals surface area contributed by atoms with Crippen molar-refractivity contribution in [1.29, 1.82) is 0 Å². The molecule has 6 aromatic rings. The summed E-state index contributed by atoms with van der Waals surface area (Å²) in [5.74, 6) is 0.561. The Hall–Kier alpha value is -3.68. The van der Waals surface area contributed by atoms with Gasteiger partial charge >= 0.3 is 0 Å². The average Bonchev–Trinajstić information content (AvgIpc) is 3.27. The summed E-state index contributed by atoms with van der Waals surface area (Å²) < 4.78 is 2.70. The van der Waals surface area contributed by atoms with Gasteiger partial charge in [-0.1, -0.05) is 111 Å². The summed E-state index contributed by atoms with van der Waals surface area (Å²) in [6, 6.07) is 42.3. The largest absolute Gasteiger partial charge is 0.135 e. The van der Waals surface area contributed by atoms with E-state index >= 15 is 0 Å². The molecule has 6 rings (SSSR count). The smallest absolute Gasteiger partial charge is 0.0355 e. The van der Waals surface area contributed by atoms with Crippen LogP contribution in [0.3, 0.4) is 0 Å². The van der Waals surface area contributed by atoms with Crippen LogP contribution in [-0.4, -0.2) is 0 Å². The fourth-order valence-corrected chi connectivity index (χ4v) is 5.76. The van der Waals surface area contributed by atoms with Gasteiger partial charge in [0.15, 0.2) is 0 Å². The third-order valence-electron chi connectivity index (χ3n) is 6.72. The van der Waals surface area contributed by atoms with Gasteiger partial charge in [0.2, 0.25) is 0 Å². The quantitative estimate of drug-likeness (QED) is 0.248. The molecule has 0 unspecified atom stereocenters. The topological polar surface area (TPSA) is 0 Å². The molecule has 0 radical (unpaired) electrons. The Morgan fingerprint density at radius 2 is 0.882 bits per heavy atom. The number of rotatable bonds is 4. The van der Waals surface area contributed by atoms with Crippen LogP contribution in [0.25, 0.3) is 53.6 Å². The summed E-state index contributed by atoms with van der Waals surface area (Å²) in [4.78, 5) is 0. The zero-order valence-corrected chi connectivity index (χ0v) is 20.3. The summed E-state index contributed by atoms with van der Waals surface area (Å²) >= 11 is 1.87. The molecule has 0 aliphatic carbocycles. The van der Waals surface area contributed by atoms with Gasteiger partial charge in [-0.2, -0.15) is 0 Å². The Labute approximate surface area is 205 Å².